The van der Waals surface area contributed by atoms with Crippen LogP contribution in [0.15, 0.2) is 18.2 Å². The van der Waals surface area contributed by atoms with E-state index in [1.165, 1.54) is 18.4 Å². The number of hydrogen-bond acceptors (Lipinski definition) is 4. The molecule has 0 aliphatic carbocycles. The average molecular weight is 264 g/mol. The third kappa shape index (κ3) is 3.19. The first-order valence-corrected chi connectivity index (χ1v) is 7.13. The van der Waals surface area contributed by atoms with Crippen LogP contribution in [0.1, 0.15) is 38.3 Å². The summed E-state index contributed by atoms with van der Waals surface area (Å²) in [4.78, 5) is 2.43. The summed E-state index contributed by atoms with van der Waals surface area (Å²) in [6, 6.07) is 6.40. The Morgan fingerprint density at radius 2 is 2.05 bits per heavy atom. The van der Waals surface area contributed by atoms with Crippen LogP contribution in [0, 0.1) is 0 Å². The van der Waals surface area contributed by atoms with Crippen molar-refractivity contribution in [2.45, 2.75) is 32.7 Å². The van der Waals surface area contributed by atoms with Gasteiger partial charge in [0, 0.05) is 12.6 Å². The molecule has 0 bridgehead atoms. The third-order valence-electron chi connectivity index (χ3n) is 3.65. The molecule has 4 nitrogen and oxygen atoms in total. The van der Waals surface area contributed by atoms with Gasteiger partial charge in [-0.2, -0.15) is 0 Å². The predicted molar refractivity (Wildman–Crippen MR) is 76.5 cm³/mol. The van der Waals surface area contributed by atoms with E-state index >= 15 is 0 Å². The second kappa shape index (κ2) is 6.78. The maximum Gasteiger partial charge on any atom is 0.231 e. The van der Waals surface area contributed by atoms with Crippen LogP contribution in [0.2, 0.25) is 0 Å². The number of likely N-dealkylation sites (N-methyl/N-ethyl adjacent to an activating group) is 1. The van der Waals surface area contributed by atoms with Crippen molar-refractivity contribution in [3.05, 3.63) is 23.8 Å². The first kappa shape index (κ1) is 14.2. The fourth-order valence-electron chi connectivity index (χ4n) is 2.51. The Morgan fingerprint density at radius 1 is 1.26 bits per heavy atom. The fraction of sp³-hybridized carbons (Fsp3) is 0.600. The van der Waals surface area contributed by atoms with Gasteiger partial charge >= 0.3 is 0 Å². The van der Waals surface area contributed by atoms with Gasteiger partial charge in [0.05, 0.1) is 0 Å². The van der Waals surface area contributed by atoms with Crippen LogP contribution in [-0.4, -0.2) is 31.3 Å². The molecular weight excluding hydrogens is 240 g/mol. The average Bonchev–Trinajstić information content (AvgIpc) is 2.90. The molecule has 1 unspecified atom stereocenters. The van der Waals surface area contributed by atoms with Crippen molar-refractivity contribution in [2.24, 2.45) is 5.73 Å². The van der Waals surface area contributed by atoms with E-state index in [0.717, 1.165) is 24.6 Å². The molecule has 0 radical (unpaired) electrons. The van der Waals surface area contributed by atoms with E-state index in [2.05, 4.69) is 30.9 Å². The quantitative estimate of drug-likeness (QED) is 0.822. The molecule has 2 rings (SSSR count). The Hall–Kier alpha value is -1.26. The topological polar surface area (TPSA) is 47.7 Å². The highest BCUT2D eigenvalue weighted by molar-refractivity contribution is 5.45. The number of hydrogen-bond donors (Lipinski definition) is 1. The molecule has 19 heavy (non-hydrogen) atoms. The van der Waals surface area contributed by atoms with Crippen LogP contribution in [0.25, 0.3) is 0 Å². The minimum atomic E-state index is 0.256. The highest BCUT2D eigenvalue weighted by Crippen LogP contribution is 2.35. The summed E-state index contributed by atoms with van der Waals surface area (Å²) < 4.78 is 10.8. The van der Waals surface area contributed by atoms with Crippen molar-refractivity contribution in [1.29, 1.82) is 0 Å². The van der Waals surface area contributed by atoms with Gasteiger partial charge < -0.3 is 15.2 Å². The summed E-state index contributed by atoms with van der Waals surface area (Å²) in [5.74, 6) is 1.67. The van der Waals surface area contributed by atoms with E-state index in [4.69, 9.17) is 15.2 Å². The smallest absolute Gasteiger partial charge is 0.231 e. The SMILES string of the molecule is CCCCN(CC)C(CN)c1ccc2c(c1)OCO2. The van der Waals surface area contributed by atoms with E-state index in [1.807, 2.05) is 6.07 Å². The summed E-state index contributed by atoms with van der Waals surface area (Å²) in [6.07, 6.45) is 2.41. The zero-order valence-corrected chi connectivity index (χ0v) is 11.9. The third-order valence-corrected chi connectivity index (χ3v) is 3.65. The van der Waals surface area contributed by atoms with Crippen LogP contribution in [0.4, 0.5) is 0 Å². The van der Waals surface area contributed by atoms with Crippen LogP contribution >= 0.6 is 0 Å². The number of ether oxygens (including phenoxy) is 2. The molecule has 0 saturated carbocycles. The Morgan fingerprint density at radius 3 is 2.74 bits per heavy atom. The lowest BCUT2D eigenvalue weighted by molar-refractivity contribution is 0.173. The maximum atomic E-state index is 5.98. The van der Waals surface area contributed by atoms with E-state index in [0.29, 0.717) is 13.3 Å². The highest BCUT2D eigenvalue weighted by atomic mass is 16.7. The zero-order valence-electron chi connectivity index (χ0n) is 11.9. The number of benzene rings is 1. The lowest BCUT2D eigenvalue weighted by Gasteiger charge is -2.30. The molecule has 0 amide bonds. The molecule has 1 aromatic carbocycles. The van der Waals surface area contributed by atoms with Gasteiger partial charge in [-0.15, -0.1) is 0 Å². The Kier molecular flexibility index (Phi) is 5.05. The molecule has 2 N–H and O–H groups in total. The van der Waals surface area contributed by atoms with Crippen LogP contribution in [-0.2, 0) is 0 Å². The van der Waals surface area contributed by atoms with Gasteiger partial charge in [-0.1, -0.05) is 26.3 Å². The Balaban J connectivity index is 2.15. The van der Waals surface area contributed by atoms with Gasteiger partial charge in [0.15, 0.2) is 11.5 Å². The van der Waals surface area contributed by atoms with E-state index in [-0.39, 0.29) is 6.04 Å². The van der Waals surface area contributed by atoms with Gasteiger partial charge in [0.2, 0.25) is 6.79 Å². The summed E-state index contributed by atoms with van der Waals surface area (Å²) in [5, 5.41) is 0. The molecule has 0 spiro atoms. The summed E-state index contributed by atoms with van der Waals surface area (Å²) >= 11 is 0. The van der Waals surface area contributed by atoms with Gasteiger partial charge in [-0.25, -0.2) is 0 Å². The van der Waals surface area contributed by atoms with Crippen molar-refractivity contribution in [2.75, 3.05) is 26.4 Å². The number of nitrogens with zero attached hydrogens (tertiary/aromatic N) is 1. The van der Waals surface area contributed by atoms with Crippen molar-refractivity contribution < 1.29 is 9.47 Å². The molecule has 1 aliphatic rings. The molecule has 1 heterocycles. The predicted octanol–water partition coefficient (Wildman–Crippen LogP) is 2.54. The molecule has 1 aliphatic heterocycles. The summed E-state index contributed by atoms with van der Waals surface area (Å²) in [5.41, 5.74) is 7.20. The number of unbranched alkanes of at least 4 members (excludes halogenated alkanes) is 1. The zero-order chi connectivity index (χ0) is 13.7. The van der Waals surface area contributed by atoms with Crippen molar-refractivity contribution in [1.82, 2.24) is 4.90 Å². The molecule has 0 aromatic heterocycles. The first-order valence-electron chi connectivity index (χ1n) is 7.13. The van der Waals surface area contributed by atoms with Gasteiger partial charge in [-0.05, 0) is 37.2 Å². The standard InChI is InChI=1S/C15H24N2O2/c1-3-5-8-17(4-2)13(10-16)12-6-7-14-15(9-12)19-11-18-14/h6-7,9,13H,3-5,8,10-11,16H2,1-2H3. The Bertz CT molecular complexity index is 409. The first-order chi connectivity index (χ1) is 9.30. The number of rotatable bonds is 7. The van der Waals surface area contributed by atoms with Crippen molar-refractivity contribution in [3.8, 4) is 11.5 Å². The summed E-state index contributed by atoms with van der Waals surface area (Å²) in [6.45, 7) is 7.44. The Labute approximate surface area is 115 Å². The maximum absolute atomic E-state index is 5.98. The van der Waals surface area contributed by atoms with E-state index in [1.54, 1.807) is 0 Å². The fourth-order valence-corrected chi connectivity index (χ4v) is 2.51. The van der Waals surface area contributed by atoms with Crippen LogP contribution < -0.4 is 15.2 Å². The lowest BCUT2D eigenvalue weighted by Crippen LogP contribution is -2.34. The molecule has 4 heteroatoms. The monoisotopic (exact) mass is 264 g/mol. The van der Waals surface area contributed by atoms with E-state index < -0.39 is 0 Å². The van der Waals surface area contributed by atoms with Crippen LogP contribution in [0.5, 0.6) is 11.5 Å². The second-order valence-corrected chi connectivity index (χ2v) is 4.85. The van der Waals surface area contributed by atoms with Gasteiger partial charge in [0.1, 0.15) is 0 Å². The minimum absolute atomic E-state index is 0.256. The van der Waals surface area contributed by atoms with Gasteiger partial charge in [-0.3, -0.25) is 4.90 Å². The lowest BCUT2D eigenvalue weighted by atomic mass is 10.0. The normalized spacial score (nSPS) is 14.9. The second-order valence-electron chi connectivity index (χ2n) is 4.85. The van der Waals surface area contributed by atoms with E-state index in [9.17, 15) is 0 Å². The molecular formula is C15H24N2O2. The minimum Gasteiger partial charge on any atom is -0.454 e. The number of fused-ring (bicyclic) bond motifs is 1. The molecule has 1 aromatic rings. The molecule has 0 fully saturated rings. The largest absolute Gasteiger partial charge is 0.454 e. The van der Waals surface area contributed by atoms with Crippen LogP contribution in [0.3, 0.4) is 0 Å². The molecule has 0 saturated heterocycles. The number of nitrogens with two attached hydrogens (primary N) is 1. The van der Waals surface area contributed by atoms with Crippen molar-refractivity contribution in [3.63, 3.8) is 0 Å². The highest BCUT2D eigenvalue weighted by Gasteiger charge is 2.21. The molecule has 1 atom stereocenters. The molecule has 106 valence electrons. The van der Waals surface area contributed by atoms with Gasteiger partial charge in [0.25, 0.3) is 0 Å². The summed E-state index contributed by atoms with van der Waals surface area (Å²) in [7, 11) is 0. The van der Waals surface area contributed by atoms with Crippen molar-refractivity contribution >= 4 is 0 Å².